The number of nitrogens with one attached hydrogen (secondary N) is 2. The van der Waals surface area contributed by atoms with E-state index in [4.69, 9.17) is 4.52 Å². The van der Waals surface area contributed by atoms with Crippen LogP contribution >= 0.6 is 0 Å². The lowest BCUT2D eigenvalue weighted by molar-refractivity contribution is -0.130. The summed E-state index contributed by atoms with van der Waals surface area (Å²) in [5, 5.41) is 15.2. The van der Waals surface area contributed by atoms with E-state index < -0.39 is 17.1 Å². The van der Waals surface area contributed by atoms with Crippen LogP contribution in [0.3, 0.4) is 0 Å². The van der Waals surface area contributed by atoms with Crippen molar-refractivity contribution in [2.75, 3.05) is 19.6 Å². The van der Waals surface area contributed by atoms with E-state index in [1.807, 2.05) is 6.92 Å². The zero-order chi connectivity index (χ0) is 17.7. The lowest BCUT2D eigenvalue weighted by atomic mass is 9.91. The third-order valence-electron chi connectivity index (χ3n) is 4.18. The van der Waals surface area contributed by atoms with Crippen molar-refractivity contribution in [1.82, 2.24) is 15.4 Å². The fourth-order valence-corrected chi connectivity index (χ4v) is 2.63. The first-order chi connectivity index (χ1) is 11.4. The van der Waals surface area contributed by atoms with Crippen LogP contribution in [0.15, 0.2) is 21.5 Å². The Morgan fingerprint density at radius 1 is 1.42 bits per heavy atom. The second-order valence-electron chi connectivity index (χ2n) is 6.01. The quantitative estimate of drug-likeness (QED) is 0.670. The van der Waals surface area contributed by atoms with E-state index >= 15 is 0 Å². The summed E-state index contributed by atoms with van der Waals surface area (Å²) in [7, 11) is 0. The van der Waals surface area contributed by atoms with Crippen LogP contribution < -0.4 is 10.9 Å². The van der Waals surface area contributed by atoms with Crippen molar-refractivity contribution in [3.63, 3.8) is 0 Å². The van der Waals surface area contributed by atoms with Gasteiger partial charge in [-0.25, -0.2) is 0 Å². The standard InChI is InChI=1S/C16H23N3O5/c1-3-4-5-12(20)19-8-6-16(23,7-9-19)10-17-14(21)13-11(2)24-18-15(13)22/h4-5,23H,3,6-10H2,1-2H3,(H,17,21)(H,18,22)/b5-4+. The highest BCUT2D eigenvalue weighted by Crippen LogP contribution is 2.22. The molecular formula is C16H23N3O5. The number of hydrogen-bond donors (Lipinski definition) is 3. The minimum Gasteiger partial charge on any atom is -0.388 e. The summed E-state index contributed by atoms with van der Waals surface area (Å²) >= 11 is 0. The molecule has 1 fully saturated rings. The molecule has 0 aromatic carbocycles. The first-order valence-electron chi connectivity index (χ1n) is 8.00. The summed E-state index contributed by atoms with van der Waals surface area (Å²) in [6.45, 7) is 4.32. The average molecular weight is 337 g/mol. The minimum atomic E-state index is -1.09. The zero-order valence-corrected chi connectivity index (χ0v) is 13.9. The first kappa shape index (κ1) is 18.0. The van der Waals surface area contributed by atoms with Gasteiger partial charge in [0.2, 0.25) is 5.91 Å². The summed E-state index contributed by atoms with van der Waals surface area (Å²) in [4.78, 5) is 37.1. The van der Waals surface area contributed by atoms with E-state index in [2.05, 4.69) is 10.5 Å². The molecule has 3 N–H and O–H groups in total. The molecule has 2 rings (SSSR count). The number of likely N-dealkylation sites (tertiary alicyclic amines) is 1. The van der Waals surface area contributed by atoms with Gasteiger partial charge in [-0.15, -0.1) is 0 Å². The number of nitrogens with zero attached hydrogens (tertiary/aromatic N) is 1. The zero-order valence-electron chi connectivity index (χ0n) is 13.9. The molecule has 1 aliphatic rings. The monoisotopic (exact) mass is 337 g/mol. The Hall–Kier alpha value is -2.35. The van der Waals surface area contributed by atoms with Gasteiger partial charge >= 0.3 is 0 Å². The number of rotatable bonds is 5. The van der Waals surface area contributed by atoms with Crippen LogP contribution in [0.5, 0.6) is 0 Å². The molecule has 1 aromatic heterocycles. The summed E-state index contributed by atoms with van der Waals surface area (Å²) in [5.74, 6) is -0.448. The first-order valence-corrected chi connectivity index (χ1v) is 8.00. The molecule has 1 aromatic rings. The Morgan fingerprint density at radius 3 is 2.62 bits per heavy atom. The number of aromatic amines is 1. The molecule has 8 nitrogen and oxygen atoms in total. The second kappa shape index (κ2) is 7.48. The highest BCUT2D eigenvalue weighted by molar-refractivity contribution is 5.94. The molecule has 0 unspecified atom stereocenters. The SMILES string of the molecule is CC/C=C/C(=O)N1CCC(O)(CNC(=O)c2c(C)o[nH]c2=O)CC1. The number of aliphatic hydroxyl groups is 1. The number of allylic oxidation sites excluding steroid dienone is 1. The molecule has 132 valence electrons. The van der Waals surface area contributed by atoms with E-state index in [0.29, 0.717) is 25.9 Å². The van der Waals surface area contributed by atoms with Crippen LogP contribution in [0.2, 0.25) is 0 Å². The smallest absolute Gasteiger partial charge is 0.293 e. The van der Waals surface area contributed by atoms with Gasteiger partial charge in [-0.2, -0.15) is 5.16 Å². The van der Waals surface area contributed by atoms with Crippen molar-refractivity contribution in [3.8, 4) is 0 Å². The Bertz CT molecular complexity index is 680. The van der Waals surface area contributed by atoms with Gasteiger partial charge in [0.05, 0.1) is 5.60 Å². The molecule has 24 heavy (non-hydrogen) atoms. The van der Waals surface area contributed by atoms with E-state index in [1.54, 1.807) is 17.1 Å². The molecule has 1 aliphatic heterocycles. The predicted octanol–water partition coefficient (Wildman–Crippen LogP) is 0.326. The van der Waals surface area contributed by atoms with Gasteiger partial charge in [0.25, 0.3) is 11.5 Å². The Morgan fingerprint density at radius 2 is 2.08 bits per heavy atom. The van der Waals surface area contributed by atoms with Crippen LogP contribution in [0.4, 0.5) is 0 Å². The van der Waals surface area contributed by atoms with Crippen LogP contribution in [-0.2, 0) is 4.79 Å². The van der Waals surface area contributed by atoms with Crippen LogP contribution in [0, 0.1) is 6.92 Å². The number of aromatic nitrogens is 1. The number of piperidine rings is 1. The third-order valence-corrected chi connectivity index (χ3v) is 4.18. The molecule has 0 spiro atoms. The van der Waals surface area contributed by atoms with E-state index in [1.165, 1.54) is 6.92 Å². The van der Waals surface area contributed by atoms with Gasteiger partial charge in [-0.05, 0) is 32.3 Å². The van der Waals surface area contributed by atoms with Crippen molar-refractivity contribution in [2.45, 2.75) is 38.7 Å². The van der Waals surface area contributed by atoms with E-state index in [9.17, 15) is 19.5 Å². The highest BCUT2D eigenvalue weighted by atomic mass is 16.5. The average Bonchev–Trinajstić information content (AvgIpc) is 2.90. The van der Waals surface area contributed by atoms with Crippen LogP contribution in [-0.4, -0.2) is 52.2 Å². The predicted molar refractivity (Wildman–Crippen MR) is 86.6 cm³/mol. The number of carbonyl (C=O) groups excluding carboxylic acids is 2. The van der Waals surface area contributed by atoms with Gasteiger partial charge in [-0.3, -0.25) is 14.4 Å². The molecule has 0 bridgehead atoms. The van der Waals surface area contributed by atoms with Crippen molar-refractivity contribution in [1.29, 1.82) is 0 Å². The molecule has 2 amide bonds. The summed E-state index contributed by atoms with van der Waals surface area (Å²) < 4.78 is 4.79. The minimum absolute atomic E-state index is 0.0166. The van der Waals surface area contributed by atoms with Gasteiger partial charge < -0.3 is 19.8 Å². The number of carbonyl (C=O) groups is 2. The molecule has 0 aliphatic carbocycles. The van der Waals surface area contributed by atoms with Crippen molar-refractivity contribution in [3.05, 3.63) is 33.8 Å². The lowest BCUT2D eigenvalue weighted by Crippen LogP contribution is -2.52. The van der Waals surface area contributed by atoms with Gasteiger partial charge in [-0.1, -0.05) is 13.0 Å². The van der Waals surface area contributed by atoms with Crippen LogP contribution in [0.25, 0.3) is 0 Å². The summed E-state index contributed by atoms with van der Waals surface area (Å²) in [6.07, 6.45) is 4.86. The topological polar surface area (TPSA) is 116 Å². The normalized spacial score (nSPS) is 17.2. The van der Waals surface area contributed by atoms with Crippen LogP contribution in [0.1, 0.15) is 42.3 Å². The van der Waals surface area contributed by atoms with E-state index in [-0.39, 0.29) is 23.8 Å². The Balaban J connectivity index is 1.88. The summed E-state index contributed by atoms with van der Waals surface area (Å²) in [6, 6.07) is 0. The Labute approximate surface area is 139 Å². The largest absolute Gasteiger partial charge is 0.388 e. The highest BCUT2D eigenvalue weighted by Gasteiger charge is 2.34. The molecule has 0 atom stereocenters. The molecule has 0 radical (unpaired) electrons. The van der Waals surface area contributed by atoms with Crippen molar-refractivity contribution < 1.29 is 19.2 Å². The molecule has 8 heteroatoms. The number of aryl methyl sites for hydroxylation is 1. The third kappa shape index (κ3) is 4.14. The maximum atomic E-state index is 12.0. The number of hydrogen-bond acceptors (Lipinski definition) is 5. The molecule has 0 saturated carbocycles. The second-order valence-corrected chi connectivity index (χ2v) is 6.01. The van der Waals surface area contributed by atoms with Gasteiger partial charge in [0, 0.05) is 19.6 Å². The lowest BCUT2D eigenvalue weighted by Gasteiger charge is -2.37. The fraction of sp³-hybridized carbons (Fsp3) is 0.562. The van der Waals surface area contributed by atoms with Gasteiger partial charge in [0.1, 0.15) is 11.3 Å². The number of amides is 2. The van der Waals surface area contributed by atoms with Crippen molar-refractivity contribution >= 4 is 11.8 Å². The fourth-order valence-electron chi connectivity index (χ4n) is 2.63. The maximum absolute atomic E-state index is 12.0. The Kier molecular flexibility index (Phi) is 5.61. The maximum Gasteiger partial charge on any atom is 0.293 e. The molecule has 2 heterocycles. The molecular weight excluding hydrogens is 314 g/mol. The van der Waals surface area contributed by atoms with Crippen molar-refractivity contribution in [2.24, 2.45) is 0 Å². The number of H-pyrrole nitrogens is 1. The summed E-state index contributed by atoms with van der Waals surface area (Å²) in [5.41, 5.74) is -1.78. The van der Waals surface area contributed by atoms with Gasteiger partial charge in [0.15, 0.2) is 0 Å². The molecule has 1 saturated heterocycles. The van der Waals surface area contributed by atoms with E-state index in [0.717, 1.165) is 6.42 Å².